The fourth-order valence-electron chi connectivity index (χ4n) is 3.64. The predicted molar refractivity (Wildman–Crippen MR) is 89.1 cm³/mol. The van der Waals surface area contributed by atoms with Crippen LogP contribution in [0.4, 0.5) is 0 Å². The molecule has 0 N–H and O–H groups in total. The van der Waals surface area contributed by atoms with E-state index >= 15 is 0 Å². The van der Waals surface area contributed by atoms with Crippen LogP contribution < -0.4 is 0 Å². The van der Waals surface area contributed by atoms with Crippen molar-refractivity contribution in [2.45, 2.75) is 25.3 Å². The van der Waals surface area contributed by atoms with E-state index in [9.17, 15) is 4.79 Å². The lowest BCUT2D eigenvalue weighted by Crippen LogP contribution is -2.38. The number of nitrogens with zero attached hydrogens (tertiary/aromatic N) is 1. The molecule has 2 aromatic carbocycles. The standard InChI is InChI=1S/C20H19NO/c22-20-18(15-8-2-1-3-9-15)14-16-10-4-5-11-17(16)19-12-6-7-13-21(19)20/h1-5,8-11,14,19H,6-7,12-13H2. The smallest absolute Gasteiger partial charge is 0.254 e. The molecule has 110 valence electrons. The summed E-state index contributed by atoms with van der Waals surface area (Å²) in [7, 11) is 0. The van der Waals surface area contributed by atoms with Gasteiger partial charge in [0, 0.05) is 12.1 Å². The molecule has 2 heterocycles. The van der Waals surface area contributed by atoms with Crippen LogP contribution in [0.15, 0.2) is 54.6 Å². The molecule has 2 nitrogen and oxygen atoms in total. The first kappa shape index (κ1) is 13.3. The molecule has 2 aliphatic rings. The Kier molecular flexibility index (Phi) is 3.30. The number of piperidine rings is 1. The Labute approximate surface area is 131 Å². The zero-order chi connectivity index (χ0) is 14.9. The van der Waals surface area contributed by atoms with Crippen molar-refractivity contribution in [3.05, 3.63) is 71.3 Å². The monoisotopic (exact) mass is 289 g/mol. The highest BCUT2D eigenvalue weighted by Crippen LogP contribution is 2.39. The van der Waals surface area contributed by atoms with Crippen LogP contribution in [0, 0.1) is 0 Å². The predicted octanol–water partition coefficient (Wildman–Crippen LogP) is 4.29. The average Bonchev–Trinajstić information content (AvgIpc) is 2.72. The summed E-state index contributed by atoms with van der Waals surface area (Å²) in [4.78, 5) is 15.2. The molecule has 0 spiro atoms. The van der Waals surface area contributed by atoms with Crippen LogP contribution in [-0.2, 0) is 4.79 Å². The Hall–Kier alpha value is -2.35. The molecule has 1 fully saturated rings. The minimum absolute atomic E-state index is 0.173. The second-order valence-electron chi connectivity index (χ2n) is 6.06. The van der Waals surface area contributed by atoms with Crippen LogP contribution in [-0.4, -0.2) is 17.4 Å². The van der Waals surface area contributed by atoms with E-state index in [2.05, 4.69) is 35.2 Å². The molecule has 1 unspecified atom stereocenters. The number of hydrogen-bond donors (Lipinski definition) is 0. The topological polar surface area (TPSA) is 20.3 Å². The van der Waals surface area contributed by atoms with Gasteiger partial charge >= 0.3 is 0 Å². The first-order valence-corrected chi connectivity index (χ1v) is 8.01. The largest absolute Gasteiger partial charge is 0.332 e. The summed E-state index contributed by atoms with van der Waals surface area (Å²) in [5.74, 6) is 0.173. The van der Waals surface area contributed by atoms with E-state index in [1.807, 2.05) is 30.3 Å². The zero-order valence-electron chi connectivity index (χ0n) is 12.5. The van der Waals surface area contributed by atoms with Gasteiger partial charge in [-0.25, -0.2) is 0 Å². The Morgan fingerprint density at radius 2 is 1.68 bits per heavy atom. The van der Waals surface area contributed by atoms with Gasteiger partial charge in [0.25, 0.3) is 5.91 Å². The zero-order valence-corrected chi connectivity index (χ0v) is 12.5. The molecular weight excluding hydrogens is 270 g/mol. The lowest BCUT2D eigenvalue weighted by molar-refractivity contribution is -0.128. The van der Waals surface area contributed by atoms with Crippen LogP contribution in [0.3, 0.4) is 0 Å². The highest BCUT2D eigenvalue weighted by Gasteiger charge is 2.33. The van der Waals surface area contributed by atoms with Gasteiger partial charge in [-0.2, -0.15) is 0 Å². The number of rotatable bonds is 1. The summed E-state index contributed by atoms with van der Waals surface area (Å²) in [6.45, 7) is 0.863. The average molecular weight is 289 g/mol. The third-order valence-corrected chi connectivity index (χ3v) is 4.73. The van der Waals surface area contributed by atoms with Crippen LogP contribution >= 0.6 is 0 Å². The molecule has 1 saturated heterocycles. The first-order chi connectivity index (χ1) is 10.8. The summed E-state index contributed by atoms with van der Waals surface area (Å²) in [6, 6.07) is 18.7. The molecule has 1 atom stereocenters. The fourth-order valence-corrected chi connectivity index (χ4v) is 3.64. The van der Waals surface area contributed by atoms with Crippen molar-refractivity contribution in [1.82, 2.24) is 4.90 Å². The highest BCUT2D eigenvalue weighted by molar-refractivity contribution is 6.24. The van der Waals surface area contributed by atoms with Crippen LogP contribution in [0.1, 0.15) is 42.0 Å². The van der Waals surface area contributed by atoms with Gasteiger partial charge in [0.05, 0.1) is 6.04 Å². The molecule has 0 aliphatic carbocycles. The number of hydrogen-bond acceptors (Lipinski definition) is 1. The summed E-state index contributed by atoms with van der Waals surface area (Å²) in [6.07, 6.45) is 5.44. The van der Waals surface area contributed by atoms with Crippen molar-refractivity contribution in [3.8, 4) is 0 Å². The Morgan fingerprint density at radius 1 is 0.909 bits per heavy atom. The van der Waals surface area contributed by atoms with Crippen LogP contribution in [0.5, 0.6) is 0 Å². The SMILES string of the molecule is O=C1C(c2ccccc2)=Cc2ccccc2C2CCCCN12. The van der Waals surface area contributed by atoms with Crippen molar-refractivity contribution in [3.63, 3.8) is 0 Å². The molecule has 0 aromatic heterocycles. The van der Waals surface area contributed by atoms with Gasteiger partial charge in [0.15, 0.2) is 0 Å². The first-order valence-electron chi connectivity index (χ1n) is 8.01. The van der Waals surface area contributed by atoms with Crippen LogP contribution in [0.25, 0.3) is 11.6 Å². The van der Waals surface area contributed by atoms with Gasteiger partial charge < -0.3 is 4.90 Å². The third-order valence-electron chi connectivity index (χ3n) is 4.73. The third kappa shape index (κ3) is 2.16. The Bertz CT molecular complexity index is 732. The van der Waals surface area contributed by atoms with Gasteiger partial charge in [-0.1, -0.05) is 54.6 Å². The van der Waals surface area contributed by atoms with Crippen molar-refractivity contribution in [2.24, 2.45) is 0 Å². The second-order valence-corrected chi connectivity index (χ2v) is 6.06. The van der Waals surface area contributed by atoms with E-state index in [0.29, 0.717) is 0 Å². The molecule has 0 saturated carbocycles. The van der Waals surface area contributed by atoms with E-state index < -0.39 is 0 Å². The lowest BCUT2D eigenvalue weighted by Gasteiger charge is -2.35. The maximum Gasteiger partial charge on any atom is 0.254 e. The maximum atomic E-state index is 13.1. The molecular formula is C20H19NO. The number of fused-ring (bicyclic) bond motifs is 3. The Morgan fingerprint density at radius 3 is 2.55 bits per heavy atom. The maximum absolute atomic E-state index is 13.1. The number of carbonyl (C=O) groups excluding carboxylic acids is 1. The van der Waals surface area contributed by atoms with Crippen molar-refractivity contribution < 1.29 is 4.79 Å². The summed E-state index contributed by atoms with van der Waals surface area (Å²) < 4.78 is 0. The van der Waals surface area contributed by atoms with Crippen LogP contribution in [0.2, 0.25) is 0 Å². The molecule has 22 heavy (non-hydrogen) atoms. The van der Waals surface area contributed by atoms with Gasteiger partial charge in [-0.3, -0.25) is 4.79 Å². The summed E-state index contributed by atoms with van der Waals surface area (Å²) in [5.41, 5.74) is 4.30. The molecule has 4 rings (SSSR count). The van der Waals surface area contributed by atoms with Crippen molar-refractivity contribution >= 4 is 17.6 Å². The molecule has 0 bridgehead atoms. The van der Waals surface area contributed by atoms with E-state index in [4.69, 9.17) is 0 Å². The molecule has 2 aromatic rings. The van der Waals surface area contributed by atoms with Gasteiger partial charge in [0.1, 0.15) is 0 Å². The van der Waals surface area contributed by atoms with Crippen molar-refractivity contribution in [1.29, 1.82) is 0 Å². The van der Waals surface area contributed by atoms with Gasteiger partial charge in [-0.05, 0) is 42.0 Å². The second kappa shape index (κ2) is 5.45. The van der Waals surface area contributed by atoms with E-state index in [1.165, 1.54) is 17.5 Å². The number of amides is 1. The quantitative estimate of drug-likeness (QED) is 0.766. The van der Waals surface area contributed by atoms with E-state index in [1.54, 1.807) is 0 Å². The fraction of sp³-hybridized carbons (Fsp3) is 0.250. The normalized spacial score (nSPS) is 20.7. The van der Waals surface area contributed by atoms with E-state index in [-0.39, 0.29) is 11.9 Å². The van der Waals surface area contributed by atoms with Crippen molar-refractivity contribution in [2.75, 3.05) is 6.54 Å². The minimum atomic E-state index is 0.173. The van der Waals surface area contributed by atoms with Gasteiger partial charge in [-0.15, -0.1) is 0 Å². The number of benzene rings is 2. The highest BCUT2D eigenvalue weighted by atomic mass is 16.2. The summed E-state index contributed by atoms with van der Waals surface area (Å²) >= 11 is 0. The Balaban J connectivity index is 1.89. The van der Waals surface area contributed by atoms with Gasteiger partial charge in [0.2, 0.25) is 0 Å². The lowest BCUT2D eigenvalue weighted by atomic mass is 9.93. The van der Waals surface area contributed by atoms with E-state index in [0.717, 1.165) is 30.5 Å². The molecule has 2 aliphatic heterocycles. The molecule has 1 amide bonds. The molecule has 2 heteroatoms. The minimum Gasteiger partial charge on any atom is -0.332 e. The number of carbonyl (C=O) groups is 1. The summed E-state index contributed by atoms with van der Waals surface area (Å²) in [5, 5.41) is 0. The molecule has 0 radical (unpaired) electrons.